The van der Waals surface area contributed by atoms with E-state index >= 15 is 0 Å². The van der Waals surface area contributed by atoms with E-state index in [1.54, 1.807) is 26.0 Å². The molecule has 1 aliphatic rings. The lowest BCUT2D eigenvalue weighted by molar-refractivity contribution is -0.148. The molecule has 1 saturated heterocycles. The highest BCUT2D eigenvalue weighted by molar-refractivity contribution is 7.89. The molecule has 0 spiro atoms. The van der Waals surface area contributed by atoms with Crippen LogP contribution in [0, 0.1) is 17.2 Å². The molecule has 1 aliphatic heterocycles. The molecule has 0 aliphatic carbocycles. The molecule has 1 amide bonds. The van der Waals surface area contributed by atoms with Gasteiger partial charge in [-0.2, -0.15) is 9.57 Å². The molecule has 1 heterocycles. The number of unbranched alkanes of at least 4 members (excludes halogenated alkanes) is 1. The number of hydrogen-bond donors (Lipinski definition) is 0. The maximum atomic E-state index is 12.5. The molecule has 0 saturated carbocycles. The van der Waals surface area contributed by atoms with Crippen molar-refractivity contribution >= 4 is 27.6 Å². The fourth-order valence-corrected chi connectivity index (χ4v) is 4.53. The van der Waals surface area contributed by atoms with Crippen LogP contribution in [-0.2, 0) is 24.3 Å². The minimum Gasteiger partial charge on any atom is -0.465 e. The van der Waals surface area contributed by atoms with Crippen LogP contribution < -0.4 is 4.90 Å². The number of anilines is 1. The Bertz CT molecular complexity index is 841. The van der Waals surface area contributed by atoms with Gasteiger partial charge >= 0.3 is 5.97 Å². The van der Waals surface area contributed by atoms with E-state index in [2.05, 4.69) is 0 Å². The van der Waals surface area contributed by atoms with E-state index in [1.165, 1.54) is 21.3 Å². The number of benzene rings is 1. The molecule has 28 heavy (non-hydrogen) atoms. The molecule has 0 N–H and O–H groups in total. The third kappa shape index (κ3) is 4.88. The number of rotatable bonds is 9. The number of nitriles is 1. The zero-order valence-electron chi connectivity index (χ0n) is 16.1. The van der Waals surface area contributed by atoms with Crippen LogP contribution >= 0.6 is 0 Å². The fourth-order valence-electron chi connectivity index (χ4n) is 3.07. The molecule has 152 valence electrons. The first kappa shape index (κ1) is 21.9. The Labute approximate surface area is 165 Å². The zero-order valence-corrected chi connectivity index (χ0v) is 16.9. The molecule has 0 aromatic heterocycles. The van der Waals surface area contributed by atoms with E-state index < -0.39 is 21.9 Å². The van der Waals surface area contributed by atoms with E-state index in [4.69, 9.17) is 10.00 Å². The third-order valence-corrected chi connectivity index (χ3v) is 6.69. The summed E-state index contributed by atoms with van der Waals surface area (Å²) in [5.41, 5.74) is 0.545. The minimum absolute atomic E-state index is 0.0522. The van der Waals surface area contributed by atoms with Crippen LogP contribution in [0.25, 0.3) is 0 Å². The van der Waals surface area contributed by atoms with Gasteiger partial charge in [0, 0.05) is 38.2 Å². The van der Waals surface area contributed by atoms with Crippen molar-refractivity contribution < 1.29 is 22.7 Å². The van der Waals surface area contributed by atoms with Crippen LogP contribution in [0.4, 0.5) is 5.69 Å². The summed E-state index contributed by atoms with van der Waals surface area (Å²) in [6.45, 7) is 4.66. The van der Waals surface area contributed by atoms with Crippen molar-refractivity contribution in [1.29, 1.82) is 5.26 Å². The van der Waals surface area contributed by atoms with Crippen LogP contribution in [0.3, 0.4) is 0 Å². The van der Waals surface area contributed by atoms with Gasteiger partial charge in [0.05, 0.1) is 23.5 Å². The Morgan fingerprint density at radius 2 is 1.93 bits per heavy atom. The number of ether oxygens (including phenoxy) is 1. The highest BCUT2D eigenvalue weighted by Gasteiger charge is 2.36. The molecule has 2 rings (SSSR count). The average Bonchev–Trinajstić information content (AvgIpc) is 3.08. The van der Waals surface area contributed by atoms with Crippen LogP contribution in [0.1, 0.15) is 33.1 Å². The van der Waals surface area contributed by atoms with Gasteiger partial charge in [0.15, 0.2) is 0 Å². The minimum atomic E-state index is -3.56. The smallest absolute Gasteiger partial charge is 0.311 e. The summed E-state index contributed by atoms with van der Waals surface area (Å²) < 4.78 is 31.6. The first-order chi connectivity index (χ1) is 13.3. The Balaban J connectivity index is 2.05. The first-order valence-electron chi connectivity index (χ1n) is 9.29. The summed E-state index contributed by atoms with van der Waals surface area (Å²) in [5.74, 6) is -1.22. The molecule has 0 bridgehead atoms. The van der Waals surface area contributed by atoms with Gasteiger partial charge in [-0.15, -0.1) is 0 Å². The number of esters is 1. The Hall–Kier alpha value is -2.44. The Kier molecular flexibility index (Phi) is 7.54. The normalized spacial score (nSPS) is 17.0. The summed E-state index contributed by atoms with van der Waals surface area (Å²) in [6.07, 6.45) is 0.831. The van der Waals surface area contributed by atoms with Crippen molar-refractivity contribution in [1.82, 2.24) is 4.31 Å². The molecular formula is C19H25N3O5S. The SMILES string of the molecule is CCN(CC)S(=O)(=O)c1ccc(N2CC(C(=O)OCCCC#N)CC2=O)cc1. The average molecular weight is 407 g/mol. The summed E-state index contributed by atoms with van der Waals surface area (Å²) in [5, 5.41) is 8.48. The third-order valence-electron chi connectivity index (χ3n) is 4.63. The van der Waals surface area contributed by atoms with Gasteiger partial charge < -0.3 is 9.64 Å². The maximum Gasteiger partial charge on any atom is 0.311 e. The molecule has 0 radical (unpaired) electrons. The predicted molar refractivity (Wildman–Crippen MR) is 103 cm³/mol. The maximum absolute atomic E-state index is 12.5. The second kappa shape index (κ2) is 9.66. The molecule has 9 heteroatoms. The number of nitrogens with zero attached hydrogens (tertiary/aromatic N) is 3. The van der Waals surface area contributed by atoms with E-state index in [1.807, 2.05) is 6.07 Å². The fraction of sp³-hybridized carbons (Fsp3) is 0.526. The summed E-state index contributed by atoms with van der Waals surface area (Å²) in [4.78, 5) is 26.0. The van der Waals surface area contributed by atoms with Gasteiger partial charge in [0.2, 0.25) is 15.9 Å². The van der Waals surface area contributed by atoms with Crippen molar-refractivity contribution in [2.24, 2.45) is 5.92 Å². The molecule has 8 nitrogen and oxygen atoms in total. The number of carbonyl (C=O) groups excluding carboxylic acids is 2. The molecule has 1 atom stereocenters. The number of hydrogen-bond acceptors (Lipinski definition) is 6. The molecule has 1 fully saturated rings. The zero-order chi connectivity index (χ0) is 20.7. The van der Waals surface area contributed by atoms with E-state index in [9.17, 15) is 18.0 Å². The van der Waals surface area contributed by atoms with Gasteiger partial charge in [-0.05, 0) is 30.7 Å². The lowest BCUT2D eigenvalue weighted by atomic mass is 10.1. The number of amides is 1. The molecule has 1 aromatic rings. The van der Waals surface area contributed by atoms with Crippen molar-refractivity contribution in [2.45, 2.75) is 38.0 Å². The quantitative estimate of drug-likeness (QED) is 0.457. The Morgan fingerprint density at radius 1 is 1.29 bits per heavy atom. The summed E-state index contributed by atoms with van der Waals surface area (Å²) in [7, 11) is -3.56. The lowest BCUT2D eigenvalue weighted by Gasteiger charge is -2.20. The highest BCUT2D eigenvalue weighted by Crippen LogP contribution is 2.27. The highest BCUT2D eigenvalue weighted by atomic mass is 32.2. The summed E-state index contributed by atoms with van der Waals surface area (Å²) >= 11 is 0. The van der Waals surface area contributed by atoms with Crippen LogP contribution in [-0.4, -0.2) is 50.8 Å². The van der Waals surface area contributed by atoms with Gasteiger partial charge in [-0.1, -0.05) is 13.8 Å². The number of carbonyl (C=O) groups is 2. The predicted octanol–water partition coefficient (Wildman–Crippen LogP) is 1.92. The molecular weight excluding hydrogens is 382 g/mol. The molecule has 1 aromatic carbocycles. The second-order valence-corrected chi connectivity index (χ2v) is 8.36. The van der Waals surface area contributed by atoms with Gasteiger partial charge in [0.25, 0.3) is 0 Å². The van der Waals surface area contributed by atoms with E-state index in [0.717, 1.165) is 0 Å². The Morgan fingerprint density at radius 3 is 2.50 bits per heavy atom. The lowest BCUT2D eigenvalue weighted by Crippen LogP contribution is -2.30. The van der Waals surface area contributed by atoms with Crippen molar-refractivity contribution in [2.75, 3.05) is 31.1 Å². The van der Waals surface area contributed by atoms with Gasteiger partial charge in [0.1, 0.15) is 0 Å². The van der Waals surface area contributed by atoms with Crippen LogP contribution in [0.15, 0.2) is 29.2 Å². The van der Waals surface area contributed by atoms with E-state index in [-0.39, 0.29) is 30.4 Å². The van der Waals surface area contributed by atoms with Gasteiger partial charge in [-0.3, -0.25) is 9.59 Å². The second-order valence-electron chi connectivity index (χ2n) is 6.42. The summed E-state index contributed by atoms with van der Waals surface area (Å²) in [6, 6.07) is 8.09. The van der Waals surface area contributed by atoms with E-state index in [0.29, 0.717) is 31.6 Å². The first-order valence-corrected chi connectivity index (χ1v) is 10.7. The number of sulfonamides is 1. The van der Waals surface area contributed by atoms with Crippen molar-refractivity contribution in [3.05, 3.63) is 24.3 Å². The van der Waals surface area contributed by atoms with Crippen LogP contribution in [0.2, 0.25) is 0 Å². The standard InChI is InChI=1S/C19H25N3O5S/c1-3-21(4-2)28(25,26)17-9-7-16(8-10-17)22-14-15(13-18(22)23)19(24)27-12-6-5-11-20/h7-10,15H,3-6,12-14H2,1-2H3. The topological polar surface area (TPSA) is 108 Å². The van der Waals surface area contributed by atoms with Crippen LogP contribution in [0.5, 0.6) is 0 Å². The van der Waals surface area contributed by atoms with Crippen molar-refractivity contribution in [3.63, 3.8) is 0 Å². The largest absolute Gasteiger partial charge is 0.465 e. The molecule has 1 unspecified atom stereocenters. The monoisotopic (exact) mass is 407 g/mol. The van der Waals surface area contributed by atoms with Gasteiger partial charge in [-0.25, -0.2) is 8.42 Å². The van der Waals surface area contributed by atoms with Crippen molar-refractivity contribution in [3.8, 4) is 6.07 Å².